The minimum absolute atomic E-state index is 0.0594. The van der Waals surface area contributed by atoms with E-state index in [4.69, 9.17) is 0 Å². The Bertz CT molecular complexity index is 571. The topological polar surface area (TPSA) is 51.9 Å². The van der Waals surface area contributed by atoms with Crippen molar-refractivity contribution in [1.29, 1.82) is 0 Å². The van der Waals surface area contributed by atoms with E-state index in [1.54, 1.807) is 10.9 Å². The zero-order chi connectivity index (χ0) is 15.2. The molecule has 2 rings (SSSR count). The van der Waals surface area contributed by atoms with Crippen molar-refractivity contribution in [2.45, 2.75) is 45.6 Å². The van der Waals surface area contributed by atoms with Gasteiger partial charge in [-0.2, -0.15) is 5.10 Å². The Balaban J connectivity index is 2.07. The standard InChI is InChI=1S/C16H24N4O/c1-4-5-6-9-13(2)18-15(21)14-12-17-19(3)16(14)20-10-7-8-11-20/h7-8,10-13H,4-6,9H2,1-3H3,(H,18,21)/t13-/m1/s1. The van der Waals surface area contributed by atoms with E-state index in [-0.39, 0.29) is 11.9 Å². The number of carbonyl (C=O) groups excluding carboxylic acids is 1. The molecule has 0 aliphatic heterocycles. The quantitative estimate of drug-likeness (QED) is 0.796. The van der Waals surface area contributed by atoms with Gasteiger partial charge in [-0.25, -0.2) is 0 Å². The molecule has 0 aliphatic rings. The number of aromatic nitrogens is 3. The monoisotopic (exact) mass is 288 g/mol. The summed E-state index contributed by atoms with van der Waals surface area (Å²) < 4.78 is 3.63. The van der Waals surface area contributed by atoms with Gasteiger partial charge in [0, 0.05) is 25.5 Å². The van der Waals surface area contributed by atoms with Gasteiger partial charge in [-0.15, -0.1) is 0 Å². The van der Waals surface area contributed by atoms with Gasteiger partial charge >= 0.3 is 0 Å². The number of aryl methyl sites for hydroxylation is 1. The number of carbonyl (C=O) groups is 1. The molecule has 0 aliphatic carbocycles. The first-order valence-corrected chi connectivity index (χ1v) is 7.59. The van der Waals surface area contributed by atoms with Crippen molar-refractivity contribution in [3.05, 3.63) is 36.3 Å². The summed E-state index contributed by atoms with van der Waals surface area (Å²) in [5.74, 6) is 0.731. The number of nitrogens with one attached hydrogen (secondary N) is 1. The summed E-state index contributed by atoms with van der Waals surface area (Å²) in [5.41, 5.74) is 0.607. The van der Waals surface area contributed by atoms with Crippen LogP contribution < -0.4 is 5.32 Å². The summed E-state index contributed by atoms with van der Waals surface area (Å²) in [5, 5.41) is 7.28. The number of rotatable bonds is 7. The first kappa shape index (κ1) is 15.4. The Labute approximate surface area is 126 Å². The third-order valence-electron chi connectivity index (χ3n) is 3.62. The predicted molar refractivity (Wildman–Crippen MR) is 83.6 cm³/mol. The molecule has 5 nitrogen and oxygen atoms in total. The van der Waals surface area contributed by atoms with Crippen molar-refractivity contribution >= 4 is 5.91 Å². The maximum Gasteiger partial charge on any atom is 0.256 e. The van der Waals surface area contributed by atoms with Crippen LogP contribution in [0.2, 0.25) is 0 Å². The molecule has 0 radical (unpaired) electrons. The highest BCUT2D eigenvalue weighted by atomic mass is 16.1. The first-order chi connectivity index (χ1) is 10.1. The summed E-state index contributed by atoms with van der Waals surface area (Å²) in [6, 6.07) is 4.05. The first-order valence-electron chi connectivity index (χ1n) is 7.59. The molecule has 0 saturated carbocycles. The van der Waals surface area contributed by atoms with Gasteiger partial charge in [0.25, 0.3) is 5.91 Å². The highest BCUT2D eigenvalue weighted by molar-refractivity contribution is 5.97. The highest BCUT2D eigenvalue weighted by Gasteiger charge is 2.18. The number of amides is 1. The van der Waals surface area contributed by atoms with Crippen LogP contribution in [0.3, 0.4) is 0 Å². The molecule has 1 amide bonds. The molecule has 5 heteroatoms. The minimum Gasteiger partial charge on any atom is -0.349 e. The molecule has 0 unspecified atom stereocenters. The summed E-state index contributed by atoms with van der Waals surface area (Å²) in [6.45, 7) is 4.24. The van der Waals surface area contributed by atoms with Crippen LogP contribution in [-0.4, -0.2) is 26.3 Å². The van der Waals surface area contributed by atoms with Crippen LogP contribution in [0.1, 0.15) is 49.9 Å². The lowest BCUT2D eigenvalue weighted by atomic mass is 10.1. The van der Waals surface area contributed by atoms with Crippen molar-refractivity contribution in [3.8, 4) is 5.82 Å². The molecule has 0 spiro atoms. The van der Waals surface area contributed by atoms with Gasteiger partial charge in [-0.3, -0.25) is 9.48 Å². The van der Waals surface area contributed by atoms with Crippen molar-refractivity contribution in [2.75, 3.05) is 0 Å². The lowest BCUT2D eigenvalue weighted by molar-refractivity contribution is 0.0938. The van der Waals surface area contributed by atoms with Crippen LogP contribution in [-0.2, 0) is 7.05 Å². The van der Waals surface area contributed by atoms with Gasteiger partial charge in [-0.1, -0.05) is 26.2 Å². The number of unbranched alkanes of at least 4 members (excludes halogenated alkanes) is 2. The molecule has 2 aromatic rings. The lowest BCUT2D eigenvalue weighted by Gasteiger charge is -2.14. The predicted octanol–water partition coefficient (Wildman–Crippen LogP) is 2.91. The normalized spacial score (nSPS) is 12.3. The van der Waals surface area contributed by atoms with Gasteiger partial charge in [0.05, 0.1) is 6.20 Å². The van der Waals surface area contributed by atoms with Gasteiger partial charge in [0.1, 0.15) is 11.4 Å². The molecule has 0 aromatic carbocycles. The van der Waals surface area contributed by atoms with E-state index >= 15 is 0 Å². The number of nitrogens with zero attached hydrogens (tertiary/aromatic N) is 3. The van der Waals surface area contributed by atoms with Gasteiger partial charge in [0.15, 0.2) is 0 Å². The maximum atomic E-state index is 12.4. The number of hydrogen-bond donors (Lipinski definition) is 1. The van der Waals surface area contributed by atoms with E-state index in [1.165, 1.54) is 12.8 Å². The smallest absolute Gasteiger partial charge is 0.256 e. The fourth-order valence-electron chi connectivity index (χ4n) is 2.45. The van der Waals surface area contributed by atoms with Crippen molar-refractivity contribution in [1.82, 2.24) is 19.7 Å². The Morgan fingerprint density at radius 2 is 2.05 bits per heavy atom. The van der Waals surface area contributed by atoms with Gasteiger partial charge < -0.3 is 9.88 Å². The summed E-state index contributed by atoms with van der Waals surface area (Å²) in [6.07, 6.45) is 10.0. The van der Waals surface area contributed by atoms with E-state index in [0.717, 1.165) is 18.7 Å². The highest BCUT2D eigenvalue weighted by Crippen LogP contribution is 2.14. The average molecular weight is 288 g/mol. The third kappa shape index (κ3) is 3.74. The van der Waals surface area contributed by atoms with Crippen molar-refractivity contribution < 1.29 is 4.79 Å². The summed E-state index contributed by atoms with van der Waals surface area (Å²) >= 11 is 0. The fourth-order valence-corrected chi connectivity index (χ4v) is 2.45. The maximum absolute atomic E-state index is 12.4. The molecule has 0 bridgehead atoms. The molecule has 0 saturated heterocycles. The molecule has 1 atom stereocenters. The van der Waals surface area contributed by atoms with E-state index in [2.05, 4.69) is 24.3 Å². The molecule has 2 aromatic heterocycles. The second kappa shape index (κ2) is 7.11. The third-order valence-corrected chi connectivity index (χ3v) is 3.62. The minimum atomic E-state index is -0.0594. The SMILES string of the molecule is CCCCC[C@@H](C)NC(=O)c1cnn(C)c1-n1cccc1. The zero-order valence-corrected chi connectivity index (χ0v) is 13.0. The Morgan fingerprint density at radius 3 is 2.71 bits per heavy atom. The molecule has 2 heterocycles. The molecule has 21 heavy (non-hydrogen) atoms. The van der Waals surface area contributed by atoms with Crippen LogP contribution in [0.25, 0.3) is 5.82 Å². The lowest BCUT2D eigenvalue weighted by Crippen LogP contribution is -2.33. The van der Waals surface area contributed by atoms with Gasteiger partial charge in [-0.05, 0) is 25.5 Å². The zero-order valence-electron chi connectivity index (χ0n) is 13.0. The number of hydrogen-bond acceptors (Lipinski definition) is 2. The summed E-state index contributed by atoms with van der Waals surface area (Å²) in [7, 11) is 1.84. The molecule has 0 fully saturated rings. The molecule has 1 N–H and O–H groups in total. The Hall–Kier alpha value is -2.04. The molecular formula is C16H24N4O. The van der Waals surface area contributed by atoms with E-state index in [9.17, 15) is 4.79 Å². The van der Waals surface area contributed by atoms with Gasteiger partial charge in [0.2, 0.25) is 0 Å². The molecule has 114 valence electrons. The van der Waals surface area contributed by atoms with Crippen LogP contribution in [0.15, 0.2) is 30.7 Å². The largest absolute Gasteiger partial charge is 0.349 e. The van der Waals surface area contributed by atoms with E-state index in [1.807, 2.05) is 36.1 Å². The van der Waals surface area contributed by atoms with Crippen molar-refractivity contribution in [3.63, 3.8) is 0 Å². The second-order valence-corrected chi connectivity index (χ2v) is 5.47. The van der Waals surface area contributed by atoms with E-state index < -0.39 is 0 Å². The van der Waals surface area contributed by atoms with Crippen LogP contribution in [0.5, 0.6) is 0 Å². The second-order valence-electron chi connectivity index (χ2n) is 5.47. The molecular weight excluding hydrogens is 264 g/mol. The van der Waals surface area contributed by atoms with E-state index in [0.29, 0.717) is 5.56 Å². The van der Waals surface area contributed by atoms with Crippen LogP contribution in [0, 0.1) is 0 Å². The fraction of sp³-hybridized carbons (Fsp3) is 0.500. The van der Waals surface area contributed by atoms with Crippen LogP contribution >= 0.6 is 0 Å². The Morgan fingerprint density at radius 1 is 1.33 bits per heavy atom. The van der Waals surface area contributed by atoms with Crippen LogP contribution in [0.4, 0.5) is 0 Å². The summed E-state index contributed by atoms with van der Waals surface area (Å²) in [4.78, 5) is 12.4. The van der Waals surface area contributed by atoms with Crippen molar-refractivity contribution in [2.24, 2.45) is 7.05 Å². The average Bonchev–Trinajstić information content (AvgIpc) is 3.07. The Kier molecular flexibility index (Phi) is 5.20.